The van der Waals surface area contributed by atoms with E-state index in [2.05, 4.69) is 5.32 Å². The molecule has 6 heteroatoms. The summed E-state index contributed by atoms with van der Waals surface area (Å²) in [6.07, 6.45) is -1.02. The van der Waals surface area contributed by atoms with Crippen LogP contribution in [0.1, 0.15) is 24.8 Å². The van der Waals surface area contributed by atoms with Gasteiger partial charge in [-0.2, -0.15) is 13.2 Å². The number of nitrogens with zero attached hydrogens (tertiary/aromatic N) is 1. The molecule has 1 saturated heterocycles. The number of rotatable bonds is 4. The Balaban J connectivity index is 1.74. The van der Waals surface area contributed by atoms with Gasteiger partial charge < -0.3 is 10.2 Å². The molecule has 2 fully saturated rings. The van der Waals surface area contributed by atoms with Gasteiger partial charge in [-0.25, -0.2) is 0 Å². The van der Waals surface area contributed by atoms with E-state index in [1.807, 2.05) is 0 Å². The molecule has 0 aromatic heterocycles. The number of hydrogen-bond donors (Lipinski definition) is 1. The molecule has 1 heterocycles. The number of hydrogen-bond acceptors (Lipinski definition) is 2. The second-order valence-corrected chi connectivity index (χ2v) is 6.32. The van der Waals surface area contributed by atoms with E-state index in [-0.39, 0.29) is 10.7 Å². The standard InChI is InChI=1S/C15H18ClF3N2/c16-13-3-1-2-12(15(17,18)19)14(13)21-7-6-10(9-21)8-20-11-4-5-11/h1-3,10-11,20H,4-9H2. The highest BCUT2D eigenvalue weighted by Crippen LogP contribution is 2.42. The average molecular weight is 319 g/mol. The molecule has 1 saturated carbocycles. The van der Waals surface area contributed by atoms with Crippen molar-refractivity contribution < 1.29 is 13.2 Å². The van der Waals surface area contributed by atoms with E-state index < -0.39 is 11.7 Å². The van der Waals surface area contributed by atoms with Crippen molar-refractivity contribution in [3.63, 3.8) is 0 Å². The lowest BCUT2D eigenvalue weighted by atomic mass is 10.1. The molecule has 1 aliphatic heterocycles. The van der Waals surface area contributed by atoms with Crippen LogP contribution < -0.4 is 10.2 Å². The minimum absolute atomic E-state index is 0.139. The van der Waals surface area contributed by atoms with E-state index in [0.717, 1.165) is 19.0 Å². The molecule has 0 bridgehead atoms. The lowest BCUT2D eigenvalue weighted by molar-refractivity contribution is -0.137. The first kappa shape index (κ1) is 15.0. The van der Waals surface area contributed by atoms with E-state index in [1.165, 1.54) is 25.0 Å². The molecule has 0 amide bonds. The van der Waals surface area contributed by atoms with Gasteiger partial charge in [0.15, 0.2) is 0 Å². The Hall–Kier alpha value is -0.940. The van der Waals surface area contributed by atoms with Crippen molar-refractivity contribution in [2.75, 3.05) is 24.5 Å². The molecular weight excluding hydrogens is 301 g/mol. The van der Waals surface area contributed by atoms with Crippen molar-refractivity contribution in [2.45, 2.75) is 31.5 Å². The van der Waals surface area contributed by atoms with Gasteiger partial charge in [0.2, 0.25) is 0 Å². The van der Waals surface area contributed by atoms with Gasteiger partial charge >= 0.3 is 6.18 Å². The van der Waals surface area contributed by atoms with Crippen LogP contribution in [0.5, 0.6) is 0 Å². The van der Waals surface area contributed by atoms with Crippen LogP contribution in [0.4, 0.5) is 18.9 Å². The monoisotopic (exact) mass is 318 g/mol. The molecule has 2 nitrogen and oxygen atoms in total. The molecule has 1 atom stereocenters. The third-order valence-electron chi connectivity index (χ3n) is 4.17. The van der Waals surface area contributed by atoms with Gasteiger partial charge in [-0.1, -0.05) is 17.7 Å². The number of alkyl halides is 3. The summed E-state index contributed by atoms with van der Waals surface area (Å²) < 4.78 is 39.4. The highest BCUT2D eigenvalue weighted by atomic mass is 35.5. The molecule has 3 rings (SSSR count). The second kappa shape index (κ2) is 5.69. The predicted octanol–water partition coefficient (Wildman–Crippen LogP) is 3.94. The van der Waals surface area contributed by atoms with E-state index in [4.69, 9.17) is 11.6 Å². The molecule has 0 spiro atoms. The SMILES string of the molecule is FC(F)(F)c1cccc(Cl)c1N1CCC(CNC2CC2)C1. The first-order chi connectivity index (χ1) is 9.95. The van der Waals surface area contributed by atoms with E-state index >= 15 is 0 Å². The van der Waals surface area contributed by atoms with Crippen molar-refractivity contribution in [3.8, 4) is 0 Å². The maximum atomic E-state index is 13.1. The molecule has 0 radical (unpaired) electrons. The summed E-state index contributed by atoms with van der Waals surface area (Å²) in [5, 5.41) is 3.63. The Labute approximate surface area is 127 Å². The molecule has 2 aliphatic rings. The van der Waals surface area contributed by atoms with Crippen molar-refractivity contribution in [3.05, 3.63) is 28.8 Å². The molecule has 1 aromatic rings. The van der Waals surface area contributed by atoms with Crippen molar-refractivity contribution >= 4 is 17.3 Å². The molecule has 1 unspecified atom stereocenters. The zero-order chi connectivity index (χ0) is 15.0. The van der Waals surface area contributed by atoms with Crippen LogP contribution in [0.3, 0.4) is 0 Å². The number of halogens is 4. The minimum atomic E-state index is -4.37. The smallest absolute Gasteiger partial charge is 0.369 e. The zero-order valence-corrected chi connectivity index (χ0v) is 12.3. The van der Waals surface area contributed by atoms with Gasteiger partial charge in [-0.05, 0) is 43.9 Å². The van der Waals surface area contributed by atoms with Gasteiger partial charge in [-0.15, -0.1) is 0 Å². The third kappa shape index (κ3) is 3.46. The molecule has 116 valence electrons. The Morgan fingerprint density at radius 2 is 2.00 bits per heavy atom. The Kier molecular flexibility index (Phi) is 4.06. The van der Waals surface area contributed by atoms with Crippen LogP contribution in [0, 0.1) is 5.92 Å². The van der Waals surface area contributed by atoms with Crippen molar-refractivity contribution in [2.24, 2.45) is 5.92 Å². The summed E-state index contributed by atoms with van der Waals surface area (Å²) in [4.78, 5) is 1.78. The Morgan fingerprint density at radius 1 is 1.24 bits per heavy atom. The van der Waals surface area contributed by atoms with Gasteiger partial charge in [-0.3, -0.25) is 0 Å². The number of para-hydroxylation sites is 1. The lowest BCUT2D eigenvalue weighted by Gasteiger charge is -2.24. The topological polar surface area (TPSA) is 15.3 Å². The highest BCUT2D eigenvalue weighted by Gasteiger charge is 2.37. The van der Waals surface area contributed by atoms with Crippen LogP contribution in [0.15, 0.2) is 18.2 Å². The van der Waals surface area contributed by atoms with Gasteiger partial charge in [0, 0.05) is 19.1 Å². The minimum Gasteiger partial charge on any atom is -0.369 e. The molecular formula is C15H18ClF3N2. The molecule has 21 heavy (non-hydrogen) atoms. The molecule has 1 aromatic carbocycles. The predicted molar refractivity (Wildman–Crippen MR) is 77.8 cm³/mol. The Morgan fingerprint density at radius 3 is 2.67 bits per heavy atom. The van der Waals surface area contributed by atoms with E-state index in [1.54, 1.807) is 4.90 Å². The summed E-state index contributed by atoms with van der Waals surface area (Å²) in [6, 6.07) is 4.63. The fourth-order valence-corrected chi connectivity index (χ4v) is 3.18. The fraction of sp³-hybridized carbons (Fsp3) is 0.600. The highest BCUT2D eigenvalue weighted by molar-refractivity contribution is 6.33. The molecule has 1 aliphatic carbocycles. The average Bonchev–Trinajstić information content (AvgIpc) is 3.13. The number of anilines is 1. The van der Waals surface area contributed by atoms with E-state index in [0.29, 0.717) is 25.0 Å². The number of benzene rings is 1. The summed E-state index contributed by atoms with van der Waals surface area (Å²) in [5.41, 5.74) is -0.494. The van der Waals surface area contributed by atoms with Crippen LogP contribution >= 0.6 is 11.6 Å². The maximum Gasteiger partial charge on any atom is 0.418 e. The van der Waals surface area contributed by atoms with Crippen LogP contribution in [-0.2, 0) is 6.18 Å². The largest absolute Gasteiger partial charge is 0.418 e. The van der Waals surface area contributed by atoms with Crippen molar-refractivity contribution in [1.82, 2.24) is 5.32 Å². The summed E-state index contributed by atoms with van der Waals surface area (Å²) in [7, 11) is 0. The van der Waals surface area contributed by atoms with Crippen LogP contribution in [0.2, 0.25) is 5.02 Å². The quantitative estimate of drug-likeness (QED) is 0.904. The van der Waals surface area contributed by atoms with E-state index in [9.17, 15) is 13.2 Å². The normalized spacial score (nSPS) is 22.9. The third-order valence-corrected chi connectivity index (χ3v) is 4.47. The van der Waals surface area contributed by atoms with Gasteiger partial charge in [0.05, 0.1) is 16.3 Å². The summed E-state index contributed by atoms with van der Waals surface area (Å²) >= 11 is 6.04. The second-order valence-electron chi connectivity index (χ2n) is 5.92. The van der Waals surface area contributed by atoms with Crippen molar-refractivity contribution in [1.29, 1.82) is 0 Å². The summed E-state index contributed by atoms with van der Waals surface area (Å²) in [6.45, 7) is 2.14. The fourth-order valence-electron chi connectivity index (χ4n) is 2.89. The zero-order valence-electron chi connectivity index (χ0n) is 11.6. The molecule has 1 N–H and O–H groups in total. The van der Waals surface area contributed by atoms with Crippen LogP contribution in [-0.4, -0.2) is 25.7 Å². The summed E-state index contributed by atoms with van der Waals surface area (Å²) in [5.74, 6) is 0.392. The Bertz CT molecular complexity index is 514. The first-order valence-electron chi connectivity index (χ1n) is 7.29. The maximum absolute atomic E-state index is 13.1. The van der Waals surface area contributed by atoms with Gasteiger partial charge in [0.25, 0.3) is 0 Å². The van der Waals surface area contributed by atoms with Gasteiger partial charge in [0.1, 0.15) is 0 Å². The van der Waals surface area contributed by atoms with Crippen LogP contribution in [0.25, 0.3) is 0 Å². The first-order valence-corrected chi connectivity index (χ1v) is 7.67. The lowest BCUT2D eigenvalue weighted by Crippen LogP contribution is -2.28. The number of nitrogens with one attached hydrogen (secondary N) is 1.